The summed E-state index contributed by atoms with van der Waals surface area (Å²) in [6.07, 6.45) is 1.70. The third-order valence-electron chi connectivity index (χ3n) is 4.56. The molecule has 1 aliphatic rings. The molecule has 1 aliphatic heterocycles. The van der Waals surface area contributed by atoms with Crippen LogP contribution in [0.4, 0.5) is 5.69 Å². The predicted molar refractivity (Wildman–Crippen MR) is 106 cm³/mol. The molecule has 0 aliphatic carbocycles. The van der Waals surface area contributed by atoms with Gasteiger partial charge in [-0.25, -0.2) is 4.79 Å². The van der Waals surface area contributed by atoms with E-state index in [0.29, 0.717) is 16.3 Å². The van der Waals surface area contributed by atoms with Gasteiger partial charge in [0.25, 0.3) is 5.91 Å². The summed E-state index contributed by atoms with van der Waals surface area (Å²) in [6.45, 7) is 1.80. The Morgan fingerprint density at radius 1 is 1.15 bits per heavy atom. The number of aryl methyl sites for hydroxylation is 1. The standard InChI is InChI=1S/C21H15ClN2O3/c1-11-9-18(21(26)27)23-17(11)10-15-19-14(12-5-7-13(22)8-6-12)3-2-4-16(19)24-20(15)25/h2-10,23H,1H3,(H,24,25)(H,26,27)/b15-10-. The van der Waals surface area contributed by atoms with Crippen molar-refractivity contribution in [2.75, 3.05) is 5.32 Å². The van der Waals surface area contributed by atoms with E-state index in [9.17, 15) is 9.59 Å². The van der Waals surface area contributed by atoms with Crippen molar-refractivity contribution >= 4 is 40.8 Å². The number of nitrogens with one attached hydrogen (secondary N) is 2. The van der Waals surface area contributed by atoms with Crippen molar-refractivity contribution in [3.05, 3.63) is 76.1 Å². The molecule has 1 amide bonds. The molecule has 5 nitrogen and oxygen atoms in total. The molecule has 4 rings (SSSR count). The Bertz CT molecular complexity index is 1110. The summed E-state index contributed by atoms with van der Waals surface area (Å²) in [7, 11) is 0. The van der Waals surface area contributed by atoms with Crippen molar-refractivity contribution in [2.24, 2.45) is 0 Å². The number of halogens is 1. The van der Waals surface area contributed by atoms with E-state index in [1.54, 1.807) is 31.2 Å². The van der Waals surface area contributed by atoms with Gasteiger partial charge >= 0.3 is 5.97 Å². The number of anilines is 1. The molecule has 2 aromatic carbocycles. The van der Waals surface area contributed by atoms with Crippen LogP contribution >= 0.6 is 11.6 Å². The van der Waals surface area contributed by atoms with Crippen LogP contribution in [0.25, 0.3) is 22.8 Å². The largest absolute Gasteiger partial charge is 0.477 e. The normalized spacial score (nSPS) is 14.3. The quantitative estimate of drug-likeness (QED) is 0.570. The monoisotopic (exact) mass is 378 g/mol. The molecule has 3 aromatic rings. The Labute approximate surface area is 160 Å². The number of amides is 1. The van der Waals surface area contributed by atoms with E-state index in [-0.39, 0.29) is 11.6 Å². The molecule has 3 N–H and O–H groups in total. The van der Waals surface area contributed by atoms with Gasteiger partial charge in [0.1, 0.15) is 5.69 Å². The molecular weight excluding hydrogens is 364 g/mol. The molecule has 134 valence electrons. The third kappa shape index (κ3) is 3.02. The lowest BCUT2D eigenvalue weighted by atomic mass is 9.94. The smallest absolute Gasteiger partial charge is 0.352 e. The predicted octanol–water partition coefficient (Wildman–Crippen LogP) is 4.83. The number of hydrogen-bond acceptors (Lipinski definition) is 2. The zero-order valence-electron chi connectivity index (χ0n) is 14.3. The first-order valence-corrected chi connectivity index (χ1v) is 8.67. The Balaban J connectivity index is 1.88. The summed E-state index contributed by atoms with van der Waals surface area (Å²) in [5, 5.41) is 12.7. The maximum Gasteiger partial charge on any atom is 0.352 e. The number of carbonyl (C=O) groups excluding carboxylic acids is 1. The summed E-state index contributed by atoms with van der Waals surface area (Å²) in [5.41, 5.74) is 5.27. The number of carboxylic acid groups (broad SMARTS) is 1. The minimum Gasteiger partial charge on any atom is -0.477 e. The van der Waals surface area contributed by atoms with Gasteiger partial charge in [-0.1, -0.05) is 35.9 Å². The maximum absolute atomic E-state index is 12.6. The lowest BCUT2D eigenvalue weighted by molar-refractivity contribution is -0.110. The van der Waals surface area contributed by atoms with Crippen molar-refractivity contribution in [3.63, 3.8) is 0 Å². The first-order valence-electron chi connectivity index (χ1n) is 8.29. The van der Waals surface area contributed by atoms with Gasteiger partial charge in [0, 0.05) is 22.0 Å². The van der Waals surface area contributed by atoms with Crippen LogP contribution in [-0.4, -0.2) is 22.0 Å². The van der Waals surface area contributed by atoms with Gasteiger partial charge in [0.2, 0.25) is 0 Å². The average molecular weight is 379 g/mol. The fraction of sp³-hybridized carbons (Fsp3) is 0.0476. The van der Waals surface area contributed by atoms with Crippen LogP contribution in [0.3, 0.4) is 0 Å². The van der Waals surface area contributed by atoms with Gasteiger partial charge in [-0.05, 0) is 54.0 Å². The topological polar surface area (TPSA) is 82.2 Å². The van der Waals surface area contributed by atoms with E-state index in [0.717, 1.165) is 27.9 Å². The van der Waals surface area contributed by atoms with Crippen LogP contribution in [0, 0.1) is 6.92 Å². The van der Waals surface area contributed by atoms with E-state index < -0.39 is 5.97 Å². The van der Waals surface area contributed by atoms with Gasteiger partial charge < -0.3 is 15.4 Å². The SMILES string of the molecule is Cc1cc(C(=O)O)[nH]c1/C=C1\C(=O)Nc2cccc(-c3ccc(Cl)cc3)c21. The highest BCUT2D eigenvalue weighted by atomic mass is 35.5. The van der Waals surface area contributed by atoms with Crippen LogP contribution in [0.2, 0.25) is 5.02 Å². The summed E-state index contributed by atoms with van der Waals surface area (Å²) in [5.74, 6) is -1.27. The molecule has 0 spiro atoms. The highest BCUT2D eigenvalue weighted by molar-refractivity contribution is 6.36. The Kier molecular flexibility index (Phi) is 4.09. The Morgan fingerprint density at radius 2 is 1.89 bits per heavy atom. The second-order valence-electron chi connectivity index (χ2n) is 6.33. The number of H-pyrrole nitrogens is 1. The Hall–Kier alpha value is -3.31. The summed E-state index contributed by atoms with van der Waals surface area (Å²) < 4.78 is 0. The van der Waals surface area contributed by atoms with E-state index in [1.165, 1.54) is 0 Å². The van der Waals surface area contributed by atoms with Gasteiger partial charge in [-0.15, -0.1) is 0 Å². The third-order valence-corrected chi connectivity index (χ3v) is 4.81. The molecule has 0 fully saturated rings. The molecular formula is C21H15ClN2O3. The van der Waals surface area contributed by atoms with Crippen molar-refractivity contribution < 1.29 is 14.7 Å². The van der Waals surface area contributed by atoms with E-state index in [1.807, 2.05) is 30.3 Å². The summed E-state index contributed by atoms with van der Waals surface area (Å²) in [4.78, 5) is 26.6. The highest BCUT2D eigenvalue weighted by Gasteiger charge is 2.27. The van der Waals surface area contributed by atoms with Gasteiger partial charge in [-0.3, -0.25) is 4.79 Å². The van der Waals surface area contributed by atoms with Gasteiger partial charge in [0.15, 0.2) is 0 Å². The fourth-order valence-electron chi connectivity index (χ4n) is 3.24. The molecule has 0 unspecified atom stereocenters. The van der Waals surface area contributed by atoms with Crippen LogP contribution < -0.4 is 5.32 Å². The number of rotatable bonds is 3. The number of carbonyl (C=O) groups is 2. The van der Waals surface area contributed by atoms with Crippen LogP contribution in [0.5, 0.6) is 0 Å². The molecule has 27 heavy (non-hydrogen) atoms. The number of fused-ring (bicyclic) bond motifs is 1. The Morgan fingerprint density at radius 3 is 2.56 bits per heavy atom. The van der Waals surface area contributed by atoms with Crippen molar-refractivity contribution in [3.8, 4) is 11.1 Å². The summed E-state index contributed by atoms with van der Waals surface area (Å²) in [6, 6.07) is 14.6. The number of aromatic carboxylic acids is 1. The number of aromatic amines is 1. The van der Waals surface area contributed by atoms with Crippen molar-refractivity contribution in [1.29, 1.82) is 0 Å². The minimum atomic E-state index is -1.04. The minimum absolute atomic E-state index is 0.0870. The summed E-state index contributed by atoms with van der Waals surface area (Å²) >= 11 is 5.99. The molecule has 6 heteroatoms. The van der Waals surface area contributed by atoms with E-state index in [2.05, 4.69) is 10.3 Å². The molecule has 0 bridgehead atoms. The zero-order chi connectivity index (χ0) is 19.1. The van der Waals surface area contributed by atoms with E-state index in [4.69, 9.17) is 16.7 Å². The molecule has 0 radical (unpaired) electrons. The molecule has 0 saturated carbocycles. The van der Waals surface area contributed by atoms with Gasteiger partial charge in [0.05, 0.1) is 5.57 Å². The zero-order valence-corrected chi connectivity index (χ0v) is 15.1. The lowest BCUT2D eigenvalue weighted by Crippen LogP contribution is -2.03. The molecule has 1 aromatic heterocycles. The number of hydrogen-bond donors (Lipinski definition) is 3. The first-order chi connectivity index (χ1) is 12.9. The van der Waals surface area contributed by atoms with Crippen LogP contribution in [0.15, 0.2) is 48.5 Å². The number of aromatic nitrogens is 1. The fourth-order valence-corrected chi connectivity index (χ4v) is 3.37. The second kappa shape index (κ2) is 6.45. The lowest BCUT2D eigenvalue weighted by Gasteiger charge is -2.09. The van der Waals surface area contributed by atoms with Gasteiger partial charge in [-0.2, -0.15) is 0 Å². The van der Waals surface area contributed by atoms with Crippen molar-refractivity contribution in [1.82, 2.24) is 4.98 Å². The van der Waals surface area contributed by atoms with E-state index >= 15 is 0 Å². The van der Waals surface area contributed by atoms with Crippen molar-refractivity contribution in [2.45, 2.75) is 6.92 Å². The number of carboxylic acids is 1. The molecule has 0 atom stereocenters. The number of benzene rings is 2. The molecule has 2 heterocycles. The maximum atomic E-state index is 12.6. The second-order valence-corrected chi connectivity index (χ2v) is 6.77. The average Bonchev–Trinajstić information content (AvgIpc) is 3.16. The molecule has 0 saturated heterocycles. The highest BCUT2D eigenvalue weighted by Crippen LogP contribution is 2.40. The van der Waals surface area contributed by atoms with Crippen LogP contribution in [0.1, 0.15) is 27.3 Å². The first kappa shape index (κ1) is 17.1. The van der Waals surface area contributed by atoms with Crippen LogP contribution in [-0.2, 0) is 4.79 Å².